The Labute approximate surface area is 257 Å². The summed E-state index contributed by atoms with van der Waals surface area (Å²) in [6.07, 6.45) is 0.963. The molecular weight excluding hydrogens is 556 g/mol. The molecule has 2 N–H and O–H groups in total. The summed E-state index contributed by atoms with van der Waals surface area (Å²) in [6, 6.07) is 27.3. The van der Waals surface area contributed by atoms with Crippen LogP contribution in [0.3, 0.4) is 0 Å². The molecule has 1 heterocycles. The van der Waals surface area contributed by atoms with E-state index in [1.807, 2.05) is 84.9 Å². The van der Waals surface area contributed by atoms with Crippen molar-refractivity contribution in [3.63, 3.8) is 0 Å². The van der Waals surface area contributed by atoms with E-state index in [0.29, 0.717) is 53.8 Å². The second-order valence-corrected chi connectivity index (χ2v) is 10.8. The summed E-state index contributed by atoms with van der Waals surface area (Å²) in [4.78, 5) is 14.1. The summed E-state index contributed by atoms with van der Waals surface area (Å²) in [6.45, 7) is 0.422. The summed E-state index contributed by atoms with van der Waals surface area (Å²) in [5, 5.41) is 7.25. The van der Waals surface area contributed by atoms with Gasteiger partial charge in [-0.05, 0) is 65.4 Å². The predicted octanol–water partition coefficient (Wildman–Crippen LogP) is 7.28. The minimum atomic E-state index is -0.397. The van der Waals surface area contributed by atoms with Crippen molar-refractivity contribution in [3.05, 3.63) is 113 Å². The molecule has 0 fully saturated rings. The molecule has 8 heteroatoms. The molecule has 2 unspecified atom stereocenters. The van der Waals surface area contributed by atoms with Crippen molar-refractivity contribution in [3.8, 4) is 28.7 Å². The number of carbonyl (C=O) groups is 1. The van der Waals surface area contributed by atoms with Gasteiger partial charge in [0.05, 0.1) is 45.9 Å². The molecule has 0 saturated carbocycles. The molecule has 2 aliphatic rings. The van der Waals surface area contributed by atoms with Crippen LogP contribution in [-0.2, 0) is 11.4 Å². The lowest BCUT2D eigenvalue weighted by atomic mass is 9.78. The van der Waals surface area contributed by atoms with Crippen LogP contribution in [0.5, 0.6) is 28.7 Å². The number of hydrogen-bond acceptors (Lipinski definition) is 8. The quantitative estimate of drug-likeness (QED) is 0.210. The zero-order valence-corrected chi connectivity index (χ0v) is 25.3. The van der Waals surface area contributed by atoms with Crippen molar-refractivity contribution in [2.24, 2.45) is 0 Å². The largest absolute Gasteiger partial charge is 0.493 e. The highest BCUT2D eigenvalue weighted by atomic mass is 16.5. The number of nitrogens with one attached hydrogen (secondary N) is 2. The maximum Gasteiger partial charge on any atom is 0.203 e. The molecule has 0 amide bonds. The average molecular weight is 593 g/mol. The maximum absolute atomic E-state index is 14.1. The lowest BCUT2D eigenvalue weighted by molar-refractivity contribution is -0.116. The van der Waals surface area contributed by atoms with Crippen LogP contribution in [0.1, 0.15) is 41.5 Å². The highest BCUT2D eigenvalue weighted by Gasteiger charge is 2.37. The molecule has 0 spiro atoms. The van der Waals surface area contributed by atoms with E-state index < -0.39 is 6.04 Å². The van der Waals surface area contributed by atoms with Gasteiger partial charge < -0.3 is 34.3 Å². The van der Waals surface area contributed by atoms with E-state index in [4.69, 9.17) is 23.7 Å². The fraction of sp³-hybridized carbons (Fsp3) is 0.250. The molecule has 1 aliphatic carbocycles. The molecule has 4 aromatic carbocycles. The Morgan fingerprint density at radius 2 is 1.34 bits per heavy atom. The minimum Gasteiger partial charge on any atom is -0.493 e. The lowest BCUT2D eigenvalue weighted by Gasteiger charge is -2.30. The molecule has 0 saturated heterocycles. The van der Waals surface area contributed by atoms with E-state index in [1.165, 1.54) is 0 Å². The first kappa shape index (κ1) is 29.0. The van der Waals surface area contributed by atoms with Crippen molar-refractivity contribution in [1.82, 2.24) is 0 Å². The molecule has 1 aliphatic heterocycles. The first-order chi connectivity index (χ1) is 21.5. The molecule has 226 valence electrons. The fourth-order valence-corrected chi connectivity index (χ4v) is 6.03. The van der Waals surface area contributed by atoms with Crippen LogP contribution in [0, 0.1) is 0 Å². The van der Waals surface area contributed by atoms with Gasteiger partial charge in [-0.3, -0.25) is 4.79 Å². The van der Waals surface area contributed by atoms with E-state index in [2.05, 4.69) is 10.6 Å². The van der Waals surface area contributed by atoms with Gasteiger partial charge in [0.2, 0.25) is 5.75 Å². The first-order valence-corrected chi connectivity index (χ1v) is 14.6. The van der Waals surface area contributed by atoms with Crippen LogP contribution in [-0.4, -0.2) is 34.2 Å². The minimum absolute atomic E-state index is 0.0613. The van der Waals surface area contributed by atoms with Gasteiger partial charge in [-0.25, -0.2) is 0 Å². The van der Waals surface area contributed by atoms with E-state index in [-0.39, 0.29) is 11.7 Å². The van der Waals surface area contributed by atoms with Crippen molar-refractivity contribution in [1.29, 1.82) is 0 Å². The van der Waals surface area contributed by atoms with E-state index >= 15 is 0 Å². The van der Waals surface area contributed by atoms with Crippen LogP contribution >= 0.6 is 0 Å². The van der Waals surface area contributed by atoms with Gasteiger partial charge in [-0.15, -0.1) is 0 Å². The van der Waals surface area contributed by atoms with Gasteiger partial charge in [0, 0.05) is 17.7 Å². The normalized spacial score (nSPS) is 17.3. The van der Waals surface area contributed by atoms with Crippen LogP contribution in [0.2, 0.25) is 0 Å². The number of fused-ring (bicyclic) bond motifs is 1. The van der Waals surface area contributed by atoms with Crippen LogP contribution < -0.4 is 34.3 Å². The van der Waals surface area contributed by atoms with Gasteiger partial charge in [0.1, 0.15) is 6.61 Å². The summed E-state index contributed by atoms with van der Waals surface area (Å²) in [5.41, 5.74) is 6.33. The van der Waals surface area contributed by atoms with Crippen LogP contribution in [0.15, 0.2) is 96.2 Å². The third kappa shape index (κ3) is 5.63. The number of methoxy groups -OCH3 is 4. The highest BCUT2D eigenvalue weighted by molar-refractivity contribution is 6.01. The monoisotopic (exact) mass is 592 g/mol. The molecule has 2 atom stereocenters. The SMILES string of the molecule is COc1cc(C2Nc3ccccc3NC3=C2C(=O)CC(c2cc(OC)c(OC)c(OC)c2)C3)ccc1OCc1ccccc1. The lowest BCUT2D eigenvalue weighted by Crippen LogP contribution is -2.27. The van der Waals surface area contributed by atoms with Crippen molar-refractivity contribution in [2.75, 3.05) is 39.1 Å². The number of anilines is 2. The molecular formula is C36H36N2O6. The number of carbonyl (C=O) groups excluding carboxylic acids is 1. The Bertz CT molecular complexity index is 1680. The van der Waals surface area contributed by atoms with Crippen LogP contribution in [0.4, 0.5) is 11.4 Å². The molecule has 4 aromatic rings. The summed E-state index contributed by atoms with van der Waals surface area (Å²) in [5.74, 6) is 2.87. The van der Waals surface area contributed by atoms with Gasteiger partial charge in [0.25, 0.3) is 0 Å². The number of Topliss-reactive ketones (excluding diaryl/α,β-unsaturated/α-hetero) is 1. The van der Waals surface area contributed by atoms with Gasteiger partial charge >= 0.3 is 0 Å². The number of hydrogen-bond donors (Lipinski definition) is 2. The summed E-state index contributed by atoms with van der Waals surface area (Å²) < 4.78 is 28.6. The van der Waals surface area contributed by atoms with Crippen molar-refractivity contribution >= 4 is 17.2 Å². The number of para-hydroxylation sites is 2. The molecule has 0 radical (unpaired) electrons. The number of allylic oxidation sites excluding steroid dienone is 1. The molecule has 8 nitrogen and oxygen atoms in total. The topological polar surface area (TPSA) is 87.3 Å². The van der Waals surface area contributed by atoms with Crippen LogP contribution in [0.25, 0.3) is 0 Å². The molecule has 0 bridgehead atoms. The fourth-order valence-electron chi connectivity index (χ4n) is 6.03. The Morgan fingerprint density at radius 3 is 2.02 bits per heavy atom. The number of rotatable bonds is 9. The average Bonchev–Trinajstić information content (AvgIpc) is 3.24. The smallest absolute Gasteiger partial charge is 0.203 e. The Morgan fingerprint density at radius 1 is 0.682 bits per heavy atom. The van der Waals surface area contributed by atoms with E-state index in [9.17, 15) is 4.79 Å². The number of benzene rings is 4. The predicted molar refractivity (Wildman–Crippen MR) is 170 cm³/mol. The maximum atomic E-state index is 14.1. The van der Waals surface area contributed by atoms with E-state index in [0.717, 1.165) is 33.8 Å². The third-order valence-corrected chi connectivity index (χ3v) is 8.23. The Balaban J connectivity index is 1.37. The Hall–Kier alpha value is -5.11. The molecule has 6 rings (SSSR count). The second kappa shape index (κ2) is 12.6. The first-order valence-electron chi connectivity index (χ1n) is 14.6. The Kier molecular flexibility index (Phi) is 8.32. The number of ketones is 1. The molecule has 44 heavy (non-hydrogen) atoms. The third-order valence-electron chi connectivity index (χ3n) is 8.23. The van der Waals surface area contributed by atoms with Gasteiger partial charge in [-0.1, -0.05) is 48.5 Å². The summed E-state index contributed by atoms with van der Waals surface area (Å²) >= 11 is 0. The highest BCUT2D eigenvalue weighted by Crippen LogP contribution is 2.47. The summed E-state index contributed by atoms with van der Waals surface area (Å²) in [7, 11) is 6.41. The van der Waals surface area contributed by atoms with Crippen molar-refractivity contribution < 1.29 is 28.5 Å². The number of ether oxygens (including phenoxy) is 5. The zero-order chi connectivity index (χ0) is 30.6. The van der Waals surface area contributed by atoms with Gasteiger partial charge in [0.15, 0.2) is 28.8 Å². The second-order valence-electron chi connectivity index (χ2n) is 10.8. The zero-order valence-electron chi connectivity index (χ0n) is 25.3. The standard InChI is InChI=1S/C36H36N2O6/c1-40-31-18-23(14-15-30(31)44-21-22-10-6-5-7-11-22)35-34-28(37-26-12-8-9-13-27(26)38-35)16-24(17-29(34)39)25-19-32(41-2)36(43-4)33(20-25)42-3/h5-15,18-20,24,35,37-38H,16-17,21H2,1-4H3. The van der Waals surface area contributed by atoms with E-state index in [1.54, 1.807) is 28.4 Å². The van der Waals surface area contributed by atoms with Gasteiger partial charge in [-0.2, -0.15) is 0 Å². The van der Waals surface area contributed by atoms with Crippen molar-refractivity contribution in [2.45, 2.75) is 31.4 Å². The molecule has 0 aromatic heterocycles.